The van der Waals surface area contributed by atoms with Crippen LogP contribution in [0, 0.1) is 0 Å². The lowest BCUT2D eigenvalue weighted by atomic mass is 10.3. The predicted molar refractivity (Wildman–Crippen MR) is 59.3 cm³/mol. The van der Waals surface area contributed by atoms with Gasteiger partial charge in [0.1, 0.15) is 0 Å². The standard InChI is InChI=1S/C11H17N3O/c1-13(2)6-7-14(10-15)9-11-4-3-5-12-8-11/h3-5,8,10H,6-7,9H2,1-2H3. The van der Waals surface area contributed by atoms with Crippen molar-refractivity contribution in [1.29, 1.82) is 0 Å². The summed E-state index contributed by atoms with van der Waals surface area (Å²) < 4.78 is 0. The van der Waals surface area contributed by atoms with Crippen molar-refractivity contribution < 1.29 is 4.79 Å². The quantitative estimate of drug-likeness (QED) is 0.641. The van der Waals surface area contributed by atoms with E-state index in [1.165, 1.54) is 0 Å². The molecule has 0 atom stereocenters. The highest BCUT2D eigenvalue weighted by molar-refractivity contribution is 5.47. The molecular formula is C11H17N3O. The maximum absolute atomic E-state index is 10.8. The van der Waals surface area contributed by atoms with Gasteiger partial charge in [0.2, 0.25) is 6.41 Å². The molecule has 82 valence electrons. The zero-order chi connectivity index (χ0) is 11.1. The van der Waals surface area contributed by atoms with Crippen molar-refractivity contribution in [2.24, 2.45) is 0 Å². The highest BCUT2D eigenvalue weighted by Gasteiger charge is 2.03. The minimum absolute atomic E-state index is 0.630. The van der Waals surface area contributed by atoms with Crippen LogP contribution in [0.5, 0.6) is 0 Å². The largest absolute Gasteiger partial charge is 0.340 e. The first kappa shape index (κ1) is 11.7. The van der Waals surface area contributed by atoms with Crippen molar-refractivity contribution in [2.45, 2.75) is 6.54 Å². The van der Waals surface area contributed by atoms with E-state index >= 15 is 0 Å². The van der Waals surface area contributed by atoms with Gasteiger partial charge in [0.05, 0.1) is 0 Å². The van der Waals surface area contributed by atoms with Crippen molar-refractivity contribution in [3.8, 4) is 0 Å². The number of carbonyl (C=O) groups is 1. The van der Waals surface area contributed by atoms with Crippen LogP contribution in [0.1, 0.15) is 5.56 Å². The van der Waals surface area contributed by atoms with Crippen molar-refractivity contribution in [3.05, 3.63) is 30.1 Å². The fourth-order valence-electron chi connectivity index (χ4n) is 1.22. The average molecular weight is 207 g/mol. The smallest absolute Gasteiger partial charge is 0.210 e. The first-order valence-corrected chi connectivity index (χ1v) is 4.95. The molecule has 0 unspecified atom stereocenters. The summed E-state index contributed by atoms with van der Waals surface area (Å²) in [5.41, 5.74) is 1.06. The van der Waals surface area contributed by atoms with Crippen LogP contribution in [0.3, 0.4) is 0 Å². The second-order valence-electron chi connectivity index (χ2n) is 3.74. The molecule has 1 aromatic heterocycles. The van der Waals surface area contributed by atoms with E-state index in [0.717, 1.165) is 25.1 Å². The molecule has 0 saturated heterocycles. The summed E-state index contributed by atoms with van der Waals surface area (Å²) >= 11 is 0. The Morgan fingerprint density at radius 2 is 2.20 bits per heavy atom. The second kappa shape index (κ2) is 6.14. The number of rotatable bonds is 6. The van der Waals surface area contributed by atoms with Gasteiger partial charge in [0, 0.05) is 32.0 Å². The van der Waals surface area contributed by atoms with Gasteiger partial charge in [-0.15, -0.1) is 0 Å². The van der Waals surface area contributed by atoms with Crippen LogP contribution in [0.2, 0.25) is 0 Å². The van der Waals surface area contributed by atoms with Gasteiger partial charge in [-0.1, -0.05) is 6.07 Å². The molecule has 1 heterocycles. The van der Waals surface area contributed by atoms with Crippen molar-refractivity contribution in [2.75, 3.05) is 27.2 Å². The van der Waals surface area contributed by atoms with E-state index in [4.69, 9.17) is 0 Å². The zero-order valence-electron chi connectivity index (χ0n) is 9.26. The van der Waals surface area contributed by atoms with Gasteiger partial charge in [-0.3, -0.25) is 9.78 Å². The van der Waals surface area contributed by atoms with E-state index in [1.54, 1.807) is 17.3 Å². The third-order valence-corrected chi connectivity index (χ3v) is 2.09. The number of likely N-dealkylation sites (N-methyl/N-ethyl adjacent to an activating group) is 1. The molecule has 0 radical (unpaired) electrons. The number of amides is 1. The number of carbonyl (C=O) groups excluding carboxylic acids is 1. The molecule has 1 rings (SSSR count). The van der Waals surface area contributed by atoms with Gasteiger partial charge < -0.3 is 9.80 Å². The van der Waals surface area contributed by atoms with Gasteiger partial charge in [-0.05, 0) is 25.7 Å². The summed E-state index contributed by atoms with van der Waals surface area (Å²) in [5, 5.41) is 0. The maximum Gasteiger partial charge on any atom is 0.210 e. The van der Waals surface area contributed by atoms with E-state index in [1.807, 2.05) is 26.2 Å². The molecule has 0 N–H and O–H groups in total. The Labute approximate surface area is 90.5 Å². The highest BCUT2D eigenvalue weighted by atomic mass is 16.1. The molecule has 1 amide bonds. The molecule has 0 saturated carbocycles. The number of hydrogen-bond acceptors (Lipinski definition) is 3. The van der Waals surface area contributed by atoms with Crippen LogP contribution in [0.25, 0.3) is 0 Å². The molecule has 0 fully saturated rings. The normalized spacial score (nSPS) is 10.3. The topological polar surface area (TPSA) is 36.4 Å². The van der Waals surface area contributed by atoms with E-state index in [-0.39, 0.29) is 0 Å². The maximum atomic E-state index is 10.8. The molecule has 1 aromatic rings. The lowest BCUT2D eigenvalue weighted by Crippen LogP contribution is -2.30. The molecule has 0 spiro atoms. The Morgan fingerprint density at radius 1 is 1.40 bits per heavy atom. The van der Waals surface area contributed by atoms with Crippen LogP contribution in [-0.4, -0.2) is 48.4 Å². The van der Waals surface area contributed by atoms with Crippen LogP contribution in [0.4, 0.5) is 0 Å². The molecule has 4 nitrogen and oxygen atoms in total. The van der Waals surface area contributed by atoms with Crippen molar-refractivity contribution in [1.82, 2.24) is 14.8 Å². The minimum atomic E-state index is 0.630. The summed E-state index contributed by atoms with van der Waals surface area (Å²) in [6.45, 7) is 2.25. The number of nitrogens with zero attached hydrogens (tertiary/aromatic N) is 3. The third-order valence-electron chi connectivity index (χ3n) is 2.09. The third kappa shape index (κ3) is 4.56. The Kier molecular flexibility index (Phi) is 4.77. The van der Waals surface area contributed by atoms with Gasteiger partial charge in [-0.25, -0.2) is 0 Å². The van der Waals surface area contributed by atoms with Gasteiger partial charge >= 0.3 is 0 Å². The predicted octanol–water partition coefficient (Wildman–Crippen LogP) is 0.602. The van der Waals surface area contributed by atoms with E-state index in [2.05, 4.69) is 9.88 Å². The molecule has 0 aliphatic heterocycles. The molecule has 4 heteroatoms. The van der Waals surface area contributed by atoms with Gasteiger partial charge in [-0.2, -0.15) is 0 Å². The van der Waals surface area contributed by atoms with Crippen LogP contribution >= 0.6 is 0 Å². The summed E-state index contributed by atoms with van der Waals surface area (Å²) in [6.07, 6.45) is 4.40. The van der Waals surface area contributed by atoms with Crippen LogP contribution in [0.15, 0.2) is 24.5 Å². The monoisotopic (exact) mass is 207 g/mol. The zero-order valence-corrected chi connectivity index (χ0v) is 9.26. The first-order chi connectivity index (χ1) is 7.22. The molecule has 0 aliphatic carbocycles. The summed E-state index contributed by atoms with van der Waals surface area (Å²) in [6, 6.07) is 3.85. The Hall–Kier alpha value is -1.42. The molecule has 0 aromatic carbocycles. The SMILES string of the molecule is CN(C)CCN(C=O)Cc1cccnc1. The Bertz CT molecular complexity index is 287. The first-order valence-electron chi connectivity index (χ1n) is 4.95. The van der Waals surface area contributed by atoms with Gasteiger partial charge in [0.25, 0.3) is 0 Å². The summed E-state index contributed by atoms with van der Waals surface area (Å²) in [4.78, 5) is 18.6. The fourth-order valence-corrected chi connectivity index (χ4v) is 1.22. The van der Waals surface area contributed by atoms with Crippen molar-refractivity contribution >= 4 is 6.41 Å². The number of hydrogen-bond donors (Lipinski definition) is 0. The van der Waals surface area contributed by atoms with Crippen molar-refractivity contribution in [3.63, 3.8) is 0 Å². The summed E-state index contributed by atoms with van der Waals surface area (Å²) in [7, 11) is 3.99. The van der Waals surface area contributed by atoms with E-state index in [9.17, 15) is 4.79 Å². The number of aromatic nitrogens is 1. The van der Waals surface area contributed by atoms with Crippen LogP contribution < -0.4 is 0 Å². The molecular weight excluding hydrogens is 190 g/mol. The summed E-state index contributed by atoms with van der Waals surface area (Å²) in [5.74, 6) is 0. The number of pyridine rings is 1. The molecule has 15 heavy (non-hydrogen) atoms. The average Bonchev–Trinajstić information content (AvgIpc) is 2.25. The van der Waals surface area contributed by atoms with Crippen LogP contribution in [-0.2, 0) is 11.3 Å². The van der Waals surface area contributed by atoms with Gasteiger partial charge in [0.15, 0.2) is 0 Å². The molecule has 0 bridgehead atoms. The Balaban J connectivity index is 2.43. The lowest BCUT2D eigenvalue weighted by molar-refractivity contribution is -0.118. The Morgan fingerprint density at radius 3 is 2.73 bits per heavy atom. The molecule has 0 aliphatic rings. The lowest BCUT2D eigenvalue weighted by Gasteiger charge is -2.19. The van der Waals surface area contributed by atoms with E-state index < -0.39 is 0 Å². The highest BCUT2D eigenvalue weighted by Crippen LogP contribution is 2.00. The van der Waals surface area contributed by atoms with E-state index in [0.29, 0.717) is 6.54 Å². The fraction of sp³-hybridized carbons (Fsp3) is 0.455. The second-order valence-corrected chi connectivity index (χ2v) is 3.74. The minimum Gasteiger partial charge on any atom is -0.340 e.